The maximum atomic E-state index is 14.0. The molecule has 4 rings (SSSR count). The van der Waals surface area contributed by atoms with Gasteiger partial charge >= 0.3 is 11.9 Å². The normalized spacial score (nSPS) is 22.6. The number of nitrogens with zero attached hydrogens (tertiary/aromatic N) is 3. The van der Waals surface area contributed by atoms with Crippen LogP contribution < -0.4 is 5.32 Å². The number of carboxylic acids is 1. The van der Waals surface area contributed by atoms with Crippen molar-refractivity contribution in [2.24, 2.45) is 16.8 Å². The summed E-state index contributed by atoms with van der Waals surface area (Å²) in [6.07, 6.45) is 1.84. The van der Waals surface area contributed by atoms with Crippen molar-refractivity contribution >= 4 is 40.7 Å². The second kappa shape index (κ2) is 13.2. The van der Waals surface area contributed by atoms with Gasteiger partial charge in [-0.1, -0.05) is 38.4 Å². The summed E-state index contributed by atoms with van der Waals surface area (Å²) in [5, 5.41) is 15.6. The van der Waals surface area contributed by atoms with Gasteiger partial charge in [0.1, 0.15) is 11.9 Å². The van der Waals surface area contributed by atoms with Crippen LogP contribution in [0.5, 0.6) is 0 Å². The van der Waals surface area contributed by atoms with E-state index in [9.17, 15) is 19.1 Å². The molecule has 12 heteroatoms. The molecule has 0 radical (unpaired) electrons. The Morgan fingerprint density at radius 3 is 2.75 bits per heavy atom. The van der Waals surface area contributed by atoms with Crippen molar-refractivity contribution < 1.29 is 28.6 Å². The lowest BCUT2D eigenvalue weighted by Crippen LogP contribution is -2.55. The summed E-state index contributed by atoms with van der Waals surface area (Å²) in [7, 11) is 0. The molecule has 1 saturated heterocycles. The summed E-state index contributed by atoms with van der Waals surface area (Å²) >= 11 is 7.87. The molecule has 2 aliphatic rings. The summed E-state index contributed by atoms with van der Waals surface area (Å²) in [6.45, 7) is 8.93. The Balaban J connectivity index is 1.82. The number of esters is 1. The molecule has 2 aliphatic heterocycles. The zero-order valence-electron chi connectivity index (χ0n) is 22.9. The molecule has 0 spiro atoms. The minimum absolute atomic E-state index is 0.134. The van der Waals surface area contributed by atoms with Crippen LogP contribution in [0.2, 0.25) is 5.02 Å². The van der Waals surface area contributed by atoms with E-state index in [-0.39, 0.29) is 41.8 Å². The zero-order chi connectivity index (χ0) is 29.0. The molecule has 0 saturated carbocycles. The number of morpholine rings is 1. The monoisotopic (exact) mass is 592 g/mol. The van der Waals surface area contributed by atoms with Crippen molar-refractivity contribution in [2.75, 3.05) is 26.3 Å². The predicted octanol–water partition coefficient (Wildman–Crippen LogP) is 4.68. The number of aliphatic imine (C=N–C) groups is 1. The first-order chi connectivity index (χ1) is 19.1. The number of amidine groups is 1. The van der Waals surface area contributed by atoms with Gasteiger partial charge in [0, 0.05) is 47.0 Å². The molecule has 0 amide bonds. The molecule has 3 heterocycles. The molecule has 40 heavy (non-hydrogen) atoms. The van der Waals surface area contributed by atoms with E-state index in [1.165, 1.54) is 29.5 Å². The van der Waals surface area contributed by atoms with E-state index in [4.69, 9.17) is 26.1 Å². The smallest absolute Gasteiger partial charge is 0.338 e. The van der Waals surface area contributed by atoms with E-state index in [1.807, 2.05) is 5.38 Å². The number of halogens is 2. The van der Waals surface area contributed by atoms with Crippen LogP contribution in [-0.2, 0) is 19.1 Å². The second-order valence-corrected chi connectivity index (χ2v) is 11.5. The van der Waals surface area contributed by atoms with Crippen LogP contribution in [0.25, 0.3) is 0 Å². The number of carbonyl (C=O) groups excluding carboxylic acids is 1. The van der Waals surface area contributed by atoms with E-state index < -0.39 is 29.7 Å². The molecular weight excluding hydrogens is 559 g/mol. The van der Waals surface area contributed by atoms with Gasteiger partial charge in [0.25, 0.3) is 0 Å². The van der Waals surface area contributed by atoms with E-state index >= 15 is 0 Å². The van der Waals surface area contributed by atoms with Gasteiger partial charge in [-0.25, -0.2) is 14.2 Å². The highest BCUT2D eigenvalue weighted by atomic mass is 35.5. The molecule has 0 aliphatic carbocycles. The van der Waals surface area contributed by atoms with Gasteiger partial charge in [-0.05, 0) is 31.4 Å². The lowest BCUT2D eigenvalue weighted by Gasteiger charge is -2.44. The number of carboxylic acid groups (broad SMARTS) is 1. The standard InChI is InChI=1S/C28H34ClFN4O5S/c1-5-38-28(37)22-20(14-34-9-10-39-24(15(2)3)21(34)12-16(4)27(35)36)32-25(26-31-8-11-40-26)33-23(22)18-7-6-17(30)13-19(18)29/h6-8,11,13,15-16,21,23-24H,5,9-10,12,14H2,1-4H3,(H,32,33)(H,35,36)/t16?,21-,23+,24-/m1/s1. The van der Waals surface area contributed by atoms with Gasteiger partial charge in [0.2, 0.25) is 0 Å². The average Bonchev–Trinajstić information content (AvgIpc) is 3.44. The number of aromatic nitrogens is 1. The minimum Gasteiger partial charge on any atom is -0.481 e. The van der Waals surface area contributed by atoms with E-state index in [0.717, 1.165) is 0 Å². The lowest BCUT2D eigenvalue weighted by molar-refractivity contribution is -0.144. The first kappa shape index (κ1) is 30.1. The maximum absolute atomic E-state index is 14.0. The molecule has 2 N–H and O–H groups in total. The molecule has 1 aromatic heterocycles. The number of thiazole rings is 1. The Hall–Kier alpha value is -2.86. The Kier molecular flexibility index (Phi) is 9.94. The third-order valence-corrected chi connectivity index (χ3v) is 8.19. The third-order valence-electron chi connectivity index (χ3n) is 7.09. The number of ether oxygens (including phenoxy) is 2. The van der Waals surface area contributed by atoms with Gasteiger partial charge in [0.15, 0.2) is 10.8 Å². The fraction of sp³-hybridized carbons (Fsp3) is 0.500. The van der Waals surface area contributed by atoms with Crippen molar-refractivity contribution in [3.63, 3.8) is 0 Å². The van der Waals surface area contributed by atoms with E-state index in [0.29, 0.717) is 41.7 Å². The number of carbonyl (C=O) groups is 2. The lowest BCUT2D eigenvalue weighted by atomic mass is 9.89. The quantitative estimate of drug-likeness (QED) is 0.382. The average molecular weight is 593 g/mol. The fourth-order valence-electron chi connectivity index (χ4n) is 5.14. The second-order valence-electron chi connectivity index (χ2n) is 10.2. The first-order valence-electron chi connectivity index (χ1n) is 13.3. The zero-order valence-corrected chi connectivity index (χ0v) is 24.5. The van der Waals surface area contributed by atoms with Crippen LogP contribution >= 0.6 is 22.9 Å². The van der Waals surface area contributed by atoms with Crippen molar-refractivity contribution in [1.29, 1.82) is 0 Å². The molecule has 9 nitrogen and oxygen atoms in total. The molecule has 1 aromatic carbocycles. The number of benzene rings is 1. The van der Waals surface area contributed by atoms with Gasteiger partial charge in [0.05, 0.1) is 30.8 Å². The summed E-state index contributed by atoms with van der Waals surface area (Å²) in [4.78, 5) is 36.6. The summed E-state index contributed by atoms with van der Waals surface area (Å²) in [5.74, 6) is -1.94. The Morgan fingerprint density at radius 2 is 2.12 bits per heavy atom. The van der Waals surface area contributed by atoms with Crippen LogP contribution in [-0.4, -0.2) is 71.2 Å². The number of hydrogen-bond donors (Lipinski definition) is 2. The largest absolute Gasteiger partial charge is 0.481 e. The number of hydrogen-bond acceptors (Lipinski definition) is 9. The molecule has 2 aromatic rings. The molecular formula is C28H34ClFN4O5S. The van der Waals surface area contributed by atoms with Crippen LogP contribution in [0.1, 0.15) is 50.7 Å². The third kappa shape index (κ3) is 6.71. The maximum Gasteiger partial charge on any atom is 0.338 e. The van der Waals surface area contributed by atoms with Crippen LogP contribution in [0, 0.1) is 17.7 Å². The Morgan fingerprint density at radius 1 is 1.35 bits per heavy atom. The number of nitrogens with one attached hydrogen (secondary N) is 1. The van der Waals surface area contributed by atoms with Gasteiger partial charge in [-0.15, -0.1) is 11.3 Å². The van der Waals surface area contributed by atoms with E-state index in [1.54, 1.807) is 20.0 Å². The van der Waals surface area contributed by atoms with Crippen LogP contribution in [0.3, 0.4) is 0 Å². The number of rotatable bonds is 10. The summed E-state index contributed by atoms with van der Waals surface area (Å²) < 4.78 is 25.6. The molecule has 1 fully saturated rings. The number of aliphatic carboxylic acids is 1. The van der Waals surface area contributed by atoms with Crippen LogP contribution in [0.15, 0.2) is 46.0 Å². The van der Waals surface area contributed by atoms with Gasteiger partial charge in [-0.3, -0.25) is 14.7 Å². The highest BCUT2D eigenvalue weighted by Gasteiger charge is 2.39. The highest BCUT2D eigenvalue weighted by Crippen LogP contribution is 2.37. The van der Waals surface area contributed by atoms with Gasteiger partial charge < -0.3 is 19.9 Å². The van der Waals surface area contributed by atoms with Crippen molar-refractivity contribution in [2.45, 2.75) is 52.3 Å². The summed E-state index contributed by atoms with van der Waals surface area (Å²) in [6, 6.07) is 2.91. The van der Waals surface area contributed by atoms with Gasteiger partial charge in [-0.2, -0.15) is 0 Å². The molecule has 0 bridgehead atoms. The molecule has 216 valence electrons. The van der Waals surface area contributed by atoms with Crippen molar-refractivity contribution in [1.82, 2.24) is 15.2 Å². The Bertz CT molecular complexity index is 1290. The Labute approximate surface area is 242 Å². The molecule has 1 unspecified atom stereocenters. The molecule has 4 atom stereocenters. The minimum atomic E-state index is -0.876. The van der Waals surface area contributed by atoms with Crippen molar-refractivity contribution in [3.05, 3.63) is 62.5 Å². The fourth-order valence-corrected chi connectivity index (χ4v) is 6.00. The van der Waals surface area contributed by atoms with Crippen LogP contribution in [0.4, 0.5) is 4.39 Å². The summed E-state index contributed by atoms with van der Waals surface area (Å²) in [5.41, 5.74) is 1.26. The predicted molar refractivity (Wildman–Crippen MR) is 151 cm³/mol. The highest BCUT2D eigenvalue weighted by molar-refractivity contribution is 7.11. The van der Waals surface area contributed by atoms with E-state index in [2.05, 4.69) is 29.0 Å². The SMILES string of the molecule is CCOC(=O)C1=C(CN2CCO[C@H](C(C)C)[C@H]2CC(C)C(=O)O)NC(c2nccs2)=N[C@H]1c1ccc(F)cc1Cl. The topological polar surface area (TPSA) is 113 Å². The van der Waals surface area contributed by atoms with Crippen molar-refractivity contribution in [3.8, 4) is 0 Å². The first-order valence-corrected chi connectivity index (χ1v) is 14.5.